The number of hydrogen-bond donors (Lipinski definition) is 1. The maximum atomic E-state index is 4.61. The van der Waals surface area contributed by atoms with Gasteiger partial charge in [0, 0.05) is 5.25 Å². The van der Waals surface area contributed by atoms with E-state index >= 15 is 0 Å². The summed E-state index contributed by atoms with van der Waals surface area (Å²) in [5.41, 5.74) is 0.318. The van der Waals surface area contributed by atoms with E-state index in [1.54, 1.807) is 0 Å². The van der Waals surface area contributed by atoms with Crippen molar-refractivity contribution in [2.24, 2.45) is 11.3 Å². The van der Waals surface area contributed by atoms with Crippen LogP contribution in [-0.4, -0.2) is 5.25 Å². The summed E-state index contributed by atoms with van der Waals surface area (Å²) in [7, 11) is 0. The van der Waals surface area contributed by atoms with Crippen LogP contribution in [0.5, 0.6) is 0 Å². The van der Waals surface area contributed by atoms with Crippen molar-refractivity contribution in [2.75, 3.05) is 0 Å². The van der Waals surface area contributed by atoms with Crippen molar-refractivity contribution in [3.05, 3.63) is 12.2 Å². The van der Waals surface area contributed by atoms with E-state index in [4.69, 9.17) is 0 Å². The van der Waals surface area contributed by atoms with Gasteiger partial charge in [0.15, 0.2) is 0 Å². The highest BCUT2D eigenvalue weighted by Crippen LogP contribution is 2.29. The molecule has 0 fully saturated rings. The van der Waals surface area contributed by atoms with E-state index < -0.39 is 0 Å². The minimum atomic E-state index is 0.318. The Morgan fingerprint density at radius 1 is 1.33 bits per heavy atom. The van der Waals surface area contributed by atoms with Crippen LogP contribution in [0.4, 0.5) is 0 Å². The molecule has 0 aromatic carbocycles. The monoisotopic (exact) mass is 186 g/mol. The van der Waals surface area contributed by atoms with Crippen LogP contribution in [0, 0.1) is 11.3 Å². The molecule has 72 valence electrons. The Bertz CT molecular complexity index is 142. The molecule has 0 aliphatic carbocycles. The largest absolute Gasteiger partial charge is 0.175 e. The van der Waals surface area contributed by atoms with Crippen LogP contribution in [0.2, 0.25) is 0 Å². The summed E-state index contributed by atoms with van der Waals surface area (Å²) in [5.74, 6) is 0.650. The van der Waals surface area contributed by atoms with Crippen molar-refractivity contribution in [1.29, 1.82) is 0 Å². The molecule has 0 spiro atoms. The van der Waals surface area contributed by atoms with Crippen LogP contribution in [0.15, 0.2) is 12.2 Å². The van der Waals surface area contributed by atoms with Gasteiger partial charge in [0.25, 0.3) is 0 Å². The van der Waals surface area contributed by atoms with Gasteiger partial charge in [-0.05, 0) is 24.7 Å². The normalized spacial score (nSPS) is 18.2. The molecule has 0 amide bonds. The minimum absolute atomic E-state index is 0.318. The lowest BCUT2D eigenvalue weighted by molar-refractivity contribution is 0.363. The van der Waals surface area contributed by atoms with Crippen molar-refractivity contribution in [2.45, 2.75) is 46.3 Å². The Balaban J connectivity index is 3.92. The number of hydrogen-bond acceptors (Lipinski definition) is 1. The molecule has 0 rings (SSSR count). The third-order valence-corrected chi connectivity index (χ3v) is 3.10. The summed E-state index contributed by atoms with van der Waals surface area (Å²) < 4.78 is 0. The number of rotatable bonds is 3. The highest BCUT2D eigenvalue weighted by atomic mass is 32.1. The number of thiol groups is 1. The molecular formula is C11H22S. The molecule has 12 heavy (non-hydrogen) atoms. The zero-order valence-corrected chi connectivity index (χ0v) is 9.86. The van der Waals surface area contributed by atoms with Crippen LogP contribution >= 0.6 is 12.6 Å². The maximum absolute atomic E-state index is 4.61. The first-order valence-corrected chi connectivity index (χ1v) is 5.20. The predicted octanol–water partition coefficient (Wildman–Crippen LogP) is 3.93. The Hall–Kier alpha value is 0.0900. The van der Waals surface area contributed by atoms with Gasteiger partial charge in [0.05, 0.1) is 0 Å². The lowest BCUT2D eigenvalue weighted by Gasteiger charge is -2.27. The van der Waals surface area contributed by atoms with E-state index in [1.807, 2.05) is 0 Å². The average molecular weight is 186 g/mol. The smallest absolute Gasteiger partial charge is 0.00708 e. The fourth-order valence-corrected chi connectivity index (χ4v) is 1.45. The van der Waals surface area contributed by atoms with E-state index in [2.05, 4.69) is 59.4 Å². The number of allylic oxidation sites excluding steroid dienone is 2. The molecule has 0 heterocycles. The van der Waals surface area contributed by atoms with Crippen molar-refractivity contribution in [1.82, 2.24) is 0 Å². The Kier molecular flexibility index (Phi) is 5.00. The third-order valence-electron chi connectivity index (χ3n) is 2.12. The summed E-state index contributed by atoms with van der Waals surface area (Å²) in [5, 5.41) is 0.490. The molecule has 2 atom stereocenters. The lowest BCUT2D eigenvalue weighted by atomic mass is 9.86. The zero-order chi connectivity index (χ0) is 9.78. The van der Waals surface area contributed by atoms with Gasteiger partial charge >= 0.3 is 0 Å². The van der Waals surface area contributed by atoms with Crippen molar-refractivity contribution in [3.63, 3.8) is 0 Å². The molecule has 0 radical (unpaired) electrons. The van der Waals surface area contributed by atoms with Crippen LogP contribution in [0.1, 0.15) is 41.0 Å². The van der Waals surface area contributed by atoms with Crippen LogP contribution in [0.25, 0.3) is 0 Å². The van der Waals surface area contributed by atoms with E-state index in [9.17, 15) is 0 Å². The quantitative estimate of drug-likeness (QED) is 0.501. The van der Waals surface area contributed by atoms with Gasteiger partial charge in [-0.25, -0.2) is 0 Å². The van der Waals surface area contributed by atoms with Gasteiger partial charge in [-0.15, -0.1) is 0 Å². The Labute approximate surface area is 82.9 Å². The average Bonchev–Trinajstić information content (AvgIpc) is 1.85. The summed E-state index contributed by atoms with van der Waals surface area (Å²) in [4.78, 5) is 0. The van der Waals surface area contributed by atoms with Gasteiger partial charge in [-0.1, -0.05) is 39.8 Å². The van der Waals surface area contributed by atoms with Crippen LogP contribution < -0.4 is 0 Å². The van der Waals surface area contributed by atoms with Crippen LogP contribution in [-0.2, 0) is 0 Å². The molecular weight excluding hydrogens is 164 g/mol. The molecule has 0 saturated carbocycles. The fourth-order valence-electron chi connectivity index (χ4n) is 1.11. The Morgan fingerprint density at radius 3 is 2.17 bits per heavy atom. The standard InChI is InChI=1S/C11H22S/c1-6-7-9(2)8-10(12)11(3,4)5/h6-7,9-10,12H,8H2,1-5H3/b7-6-. The maximum Gasteiger partial charge on any atom is 0.00708 e. The topological polar surface area (TPSA) is 0 Å². The zero-order valence-electron chi connectivity index (χ0n) is 8.96. The first-order valence-electron chi connectivity index (χ1n) is 4.68. The van der Waals surface area contributed by atoms with E-state index in [1.165, 1.54) is 0 Å². The van der Waals surface area contributed by atoms with Gasteiger partial charge in [-0.3, -0.25) is 0 Å². The predicted molar refractivity (Wildman–Crippen MR) is 60.8 cm³/mol. The van der Waals surface area contributed by atoms with E-state index in [0.29, 0.717) is 16.6 Å². The molecule has 0 bridgehead atoms. The summed E-state index contributed by atoms with van der Waals surface area (Å²) in [6.07, 6.45) is 5.53. The van der Waals surface area contributed by atoms with E-state index in [-0.39, 0.29) is 0 Å². The molecule has 0 aromatic heterocycles. The van der Waals surface area contributed by atoms with E-state index in [0.717, 1.165) is 6.42 Å². The molecule has 0 N–H and O–H groups in total. The third kappa shape index (κ3) is 4.87. The molecule has 1 heteroatoms. The molecule has 0 saturated heterocycles. The minimum Gasteiger partial charge on any atom is -0.175 e. The fraction of sp³-hybridized carbons (Fsp3) is 0.818. The van der Waals surface area contributed by atoms with Crippen LogP contribution in [0.3, 0.4) is 0 Å². The second-order valence-electron chi connectivity index (χ2n) is 4.62. The molecule has 0 aliphatic rings. The summed E-state index contributed by atoms with van der Waals surface area (Å²) >= 11 is 4.61. The van der Waals surface area contributed by atoms with Crippen molar-refractivity contribution in [3.8, 4) is 0 Å². The summed E-state index contributed by atoms with van der Waals surface area (Å²) in [6.45, 7) is 11.0. The lowest BCUT2D eigenvalue weighted by Crippen LogP contribution is -2.22. The second-order valence-corrected chi connectivity index (χ2v) is 5.24. The second kappa shape index (κ2) is 4.96. The van der Waals surface area contributed by atoms with Crippen molar-refractivity contribution < 1.29 is 0 Å². The van der Waals surface area contributed by atoms with Crippen molar-refractivity contribution >= 4 is 12.6 Å². The van der Waals surface area contributed by atoms with Gasteiger partial charge in [0.2, 0.25) is 0 Å². The summed E-state index contributed by atoms with van der Waals surface area (Å²) in [6, 6.07) is 0. The molecule has 0 aromatic rings. The highest BCUT2D eigenvalue weighted by Gasteiger charge is 2.21. The Morgan fingerprint density at radius 2 is 1.83 bits per heavy atom. The molecule has 2 unspecified atom stereocenters. The SMILES string of the molecule is C/C=C\C(C)CC(S)C(C)(C)C. The first kappa shape index (κ1) is 12.1. The molecule has 0 nitrogen and oxygen atoms in total. The van der Waals surface area contributed by atoms with Gasteiger partial charge in [0.1, 0.15) is 0 Å². The van der Waals surface area contributed by atoms with Gasteiger partial charge < -0.3 is 0 Å². The van der Waals surface area contributed by atoms with Gasteiger partial charge in [-0.2, -0.15) is 12.6 Å². The molecule has 0 aliphatic heterocycles. The highest BCUT2D eigenvalue weighted by molar-refractivity contribution is 7.81. The first-order chi connectivity index (χ1) is 5.38.